The van der Waals surface area contributed by atoms with Gasteiger partial charge in [-0.05, 0) is 85.9 Å². The molecule has 4 saturated carbocycles. The summed E-state index contributed by atoms with van der Waals surface area (Å²) < 4.78 is 5.90. The van der Waals surface area contributed by atoms with Gasteiger partial charge in [0.1, 0.15) is 0 Å². The van der Waals surface area contributed by atoms with Gasteiger partial charge < -0.3 is 4.74 Å². The molecule has 1 heteroatoms. The van der Waals surface area contributed by atoms with Gasteiger partial charge in [-0.2, -0.15) is 0 Å². The van der Waals surface area contributed by atoms with E-state index in [1.165, 1.54) is 64.2 Å². The van der Waals surface area contributed by atoms with E-state index in [4.69, 9.17) is 4.74 Å². The zero-order valence-corrected chi connectivity index (χ0v) is 14.4. The summed E-state index contributed by atoms with van der Waals surface area (Å²) in [6.07, 6.45) is 15.3. The van der Waals surface area contributed by atoms with Crippen molar-refractivity contribution < 1.29 is 4.74 Å². The first-order valence-corrected chi connectivity index (χ1v) is 9.62. The van der Waals surface area contributed by atoms with E-state index in [0.717, 1.165) is 23.7 Å². The Kier molecular flexibility index (Phi) is 3.45. The molecule has 0 bridgehead atoms. The van der Waals surface area contributed by atoms with Crippen LogP contribution in [0.4, 0.5) is 0 Å². The SMILES string of the molecule is CO[C@@H]1CC[C@H]2[C@@H]3CC[C@@H]4CCCC[C@]4(C)[C@H]3CC[C@]12C. The van der Waals surface area contributed by atoms with E-state index in [9.17, 15) is 0 Å². The minimum absolute atomic E-state index is 0.494. The predicted molar refractivity (Wildman–Crippen MR) is 87.1 cm³/mol. The van der Waals surface area contributed by atoms with Crippen molar-refractivity contribution >= 4 is 0 Å². The molecule has 0 radical (unpaired) electrons. The average Bonchev–Trinajstić information content (AvgIpc) is 2.83. The van der Waals surface area contributed by atoms with Gasteiger partial charge in [0.05, 0.1) is 6.10 Å². The highest BCUT2D eigenvalue weighted by atomic mass is 16.5. The molecular formula is C20H34O. The number of rotatable bonds is 1. The topological polar surface area (TPSA) is 9.23 Å². The van der Waals surface area contributed by atoms with Gasteiger partial charge in [0.2, 0.25) is 0 Å². The second kappa shape index (κ2) is 4.98. The van der Waals surface area contributed by atoms with Crippen LogP contribution in [0.1, 0.15) is 78.1 Å². The van der Waals surface area contributed by atoms with E-state index in [2.05, 4.69) is 13.8 Å². The molecule has 1 nitrogen and oxygen atoms in total. The van der Waals surface area contributed by atoms with Gasteiger partial charge in [-0.15, -0.1) is 0 Å². The van der Waals surface area contributed by atoms with Crippen LogP contribution in [-0.4, -0.2) is 13.2 Å². The summed E-state index contributed by atoms with van der Waals surface area (Å²) in [5, 5.41) is 0. The third kappa shape index (κ3) is 1.92. The first-order valence-electron chi connectivity index (χ1n) is 9.62. The lowest BCUT2D eigenvalue weighted by Crippen LogP contribution is -2.53. The maximum Gasteiger partial charge on any atom is 0.0627 e. The number of hydrogen-bond donors (Lipinski definition) is 0. The van der Waals surface area contributed by atoms with Gasteiger partial charge in [-0.1, -0.05) is 26.7 Å². The zero-order chi connectivity index (χ0) is 14.7. The molecule has 7 atom stereocenters. The average molecular weight is 290 g/mol. The Morgan fingerprint density at radius 2 is 1.57 bits per heavy atom. The van der Waals surface area contributed by atoms with Crippen molar-refractivity contribution in [2.75, 3.05) is 7.11 Å². The Hall–Kier alpha value is -0.0400. The minimum Gasteiger partial charge on any atom is -0.381 e. The van der Waals surface area contributed by atoms with Crippen LogP contribution >= 0.6 is 0 Å². The fraction of sp³-hybridized carbons (Fsp3) is 1.00. The van der Waals surface area contributed by atoms with Gasteiger partial charge in [0.25, 0.3) is 0 Å². The highest BCUT2D eigenvalue weighted by molar-refractivity contribution is 5.09. The summed E-state index contributed by atoms with van der Waals surface area (Å²) in [5.74, 6) is 4.06. The molecule has 0 saturated heterocycles. The van der Waals surface area contributed by atoms with Crippen LogP contribution in [0.3, 0.4) is 0 Å². The van der Waals surface area contributed by atoms with E-state index >= 15 is 0 Å². The molecule has 0 N–H and O–H groups in total. The van der Waals surface area contributed by atoms with E-state index in [1.807, 2.05) is 7.11 Å². The van der Waals surface area contributed by atoms with Gasteiger partial charge in [0, 0.05) is 7.11 Å². The van der Waals surface area contributed by atoms with Crippen molar-refractivity contribution in [1.82, 2.24) is 0 Å². The number of fused-ring (bicyclic) bond motifs is 5. The summed E-state index contributed by atoms with van der Waals surface area (Å²) in [4.78, 5) is 0. The van der Waals surface area contributed by atoms with Crippen LogP contribution in [0.5, 0.6) is 0 Å². The van der Waals surface area contributed by atoms with Crippen LogP contribution in [-0.2, 0) is 4.74 Å². The van der Waals surface area contributed by atoms with Crippen molar-refractivity contribution in [3.05, 3.63) is 0 Å². The molecule has 0 spiro atoms. The van der Waals surface area contributed by atoms with Crippen molar-refractivity contribution in [2.45, 2.75) is 84.2 Å². The van der Waals surface area contributed by atoms with Crippen LogP contribution in [0, 0.1) is 34.5 Å². The standard InChI is InChI=1S/C20H34O/c1-19-12-5-4-6-14(19)7-8-15-16-9-10-18(21-3)20(16,2)13-11-17(15)19/h14-18H,4-13H2,1-3H3/t14-,15-,16-,17-,18+,19-,20-/m0/s1. The third-order valence-corrected chi connectivity index (χ3v) is 8.78. The number of methoxy groups -OCH3 is 1. The molecule has 21 heavy (non-hydrogen) atoms. The fourth-order valence-electron chi connectivity index (χ4n) is 7.63. The number of hydrogen-bond acceptors (Lipinski definition) is 1. The molecule has 4 aliphatic carbocycles. The lowest BCUT2D eigenvalue weighted by Gasteiger charge is -2.60. The maximum absolute atomic E-state index is 5.90. The second-order valence-corrected chi connectivity index (χ2v) is 9.25. The molecule has 4 fully saturated rings. The van der Waals surface area contributed by atoms with Crippen LogP contribution < -0.4 is 0 Å². The summed E-state index contributed by atoms with van der Waals surface area (Å²) in [5.41, 5.74) is 1.18. The van der Waals surface area contributed by atoms with Crippen molar-refractivity contribution in [3.63, 3.8) is 0 Å². The van der Waals surface area contributed by atoms with Gasteiger partial charge >= 0.3 is 0 Å². The number of ether oxygens (including phenoxy) is 1. The Morgan fingerprint density at radius 1 is 0.762 bits per heavy atom. The molecule has 0 aliphatic heterocycles. The lowest BCUT2D eigenvalue weighted by atomic mass is 9.45. The molecule has 4 rings (SSSR count). The van der Waals surface area contributed by atoms with E-state index < -0.39 is 0 Å². The molecule has 0 aromatic rings. The summed E-state index contributed by atoms with van der Waals surface area (Å²) in [6, 6.07) is 0. The molecule has 120 valence electrons. The fourth-order valence-corrected chi connectivity index (χ4v) is 7.63. The minimum atomic E-state index is 0.494. The molecule has 0 amide bonds. The highest BCUT2D eigenvalue weighted by Gasteiger charge is 2.59. The third-order valence-electron chi connectivity index (χ3n) is 8.78. The van der Waals surface area contributed by atoms with E-state index in [1.54, 1.807) is 0 Å². The molecular weight excluding hydrogens is 256 g/mol. The van der Waals surface area contributed by atoms with Crippen LogP contribution in [0.25, 0.3) is 0 Å². The first-order chi connectivity index (χ1) is 10.1. The maximum atomic E-state index is 5.90. The molecule has 0 aromatic heterocycles. The Morgan fingerprint density at radius 3 is 2.38 bits per heavy atom. The normalized spacial score (nSPS) is 56.4. The van der Waals surface area contributed by atoms with Crippen molar-refractivity contribution in [2.24, 2.45) is 34.5 Å². The Balaban J connectivity index is 1.62. The van der Waals surface area contributed by atoms with E-state index in [-0.39, 0.29) is 0 Å². The Labute approximate surface area is 131 Å². The second-order valence-electron chi connectivity index (χ2n) is 9.25. The van der Waals surface area contributed by atoms with Crippen molar-refractivity contribution in [1.29, 1.82) is 0 Å². The van der Waals surface area contributed by atoms with Gasteiger partial charge in [-0.3, -0.25) is 0 Å². The highest BCUT2D eigenvalue weighted by Crippen LogP contribution is 2.66. The molecule has 4 aliphatic rings. The van der Waals surface area contributed by atoms with Gasteiger partial charge in [-0.25, -0.2) is 0 Å². The van der Waals surface area contributed by atoms with Gasteiger partial charge in [0.15, 0.2) is 0 Å². The lowest BCUT2D eigenvalue weighted by molar-refractivity contribution is -0.125. The molecule has 0 unspecified atom stereocenters. The monoisotopic (exact) mass is 290 g/mol. The largest absolute Gasteiger partial charge is 0.381 e. The summed E-state index contributed by atoms with van der Waals surface area (Å²) >= 11 is 0. The summed E-state index contributed by atoms with van der Waals surface area (Å²) in [7, 11) is 1.95. The molecule has 0 aromatic carbocycles. The first kappa shape index (κ1) is 14.5. The van der Waals surface area contributed by atoms with Crippen LogP contribution in [0.15, 0.2) is 0 Å². The van der Waals surface area contributed by atoms with Crippen molar-refractivity contribution in [3.8, 4) is 0 Å². The van der Waals surface area contributed by atoms with Crippen LogP contribution in [0.2, 0.25) is 0 Å². The smallest absolute Gasteiger partial charge is 0.0627 e. The quantitative estimate of drug-likeness (QED) is 0.625. The van der Waals surface area contributed by atoms with E-state index in [0.29, 0.717) is 16.9 Å². The predicted octanol–water partition coefficient (Wildman–Crippen LogP) is 5.43. The Bertz CT molecular complexity index is 405. The summed E-state index contributed by atoms with van der Waals surface area (Å²) in [6.45, 7) is 5.24. The molecule has 0 heterocycles. The zero-order valence-electron chi connectivity index (χ0n) is 14.4.